The van der Waals surface area contributed by atoms with Gasteiger partial charge in [0.05, 0.1) is 37.6 Å². The number of hydrogen-bond acceptors (Lipinski definition) is 6. The third kappa shape index (κ3) is 5.35. The van der Waals surface area contributed by atoms with Crippen molar-refractivity contribution < 1.29 is 19.1 Å². The number of morpholine rings is 1. The van der Waals surface area contributed by atoms with E-state index in [0.717, 1.165) is 24.4 Å². The number of nitriles is 1. The molecule has 2 amide bonds. The molecule has 1 atom stereocenters. The van der Waals surface area contributed by atoms with E-state index in [2.05, 4.69) is 15.5 Å². The van der Waals surface area contributed by atoms with E-state index in [1.807, 2.05) is 30.3 Å². The van der Waals surface area contributed by atoms with E-state index in [1.54, 1.807) is 31.4 Å². The number of hydrogen-bond donors (Lipinski definition) is 2. The maximum Gasteiger partial charge on any atom is 0.313 e. The Labute approximate surface area is 175 Å². The molecule has 0 bridgehead atoms. The fraction of sp³-hybridized carbons (Fsp3) is 0.318. The normalized spacial score (nSPS) is 14.9. The molecule has 1 aliphatic rings. The molecule has 3 rings (SSSR count). The Balaban J connectivity index is 1.69. The van der Waals surface area contributed by atoms with Crippen LogP contribution < -0.4 is 15.4 Å². The number of carbonyl (C=O) groups is 2. The second-order valence-electron chi connectivity index (χ2n) is 6.76. The molecule has 8 nitrogen and oxygen atoms in total. The number of anilines is 1. The number of nitrogens with zero attached hydrogens (tertiary/aromatic N) is 2. The minimum absolute atomic E-state index is 0.132. The highest BCUT2D eigenvalue weighted by Gasteiger charge is 2.25. The van der Waals surface area contributed by atoms with Gasteiger partial charge in [0.2, 0.25) is 0 Å². The van der Waals surface area contributed by atoms with Gasteiger partial charge in [-0.05, 0) is 29.8 Å². The minimum Gasteiger partial charge on any atom is -0.497 e. The van der Waals surface area contributed by atoms with Crippen molar-refractivity contribution >= 4 is 17.5 Å². The van der Waals surface area contributed by atoms with Crippen LogP contribution in [0.3, 0.4) is 0 Å². The lowest BCUT2D eigenvalue weighted by molar-refractivity contribution is -0.136. The van der Waals surface area contributed by atoms with Gasteiger partial charge in [0.15, 0.2) is 0 Å². The van der Waals surface area contributed by atoms with Crippen LogP contribution in [0, 0.1) is 11.3 Å². The van der Waals surface area contributed by atoms with Crippen LogP contribution >= 0.6 is 0 Å². The Bertz CT molecular complexity index is 935. The van der Waals surface area contributed by atoms with Crippen molar-refractivity contribution in [3.05, 3.63) is 59.7 Å². The first-order chi connectivity index (χ1) is 14.6. The van der Waals surface area contributed by atoms with Gasteiger partial charge in [0.1, 0.15) is 11.8 Å². The SMILES string of the molecule is COc1cccc([C@@H](CNC(=O)C(=O)Nc2ccccc2C#N)N2CCOCC2)c1. The lowest BCUT2D eigenvalue weighted by Gasteiger charge is -2.35. The average molecular weight is 408 g/mol. The van der Waals surface area contributed by atoms with E-state index >= 15 is 0 Å². The smallest absolute Gasteiger partial charge is 0.313 e. The second-order valence-corrected chi connectivity index (χ2v) is 6.76. The number of ether oxygens (including phenoxy) is 2. The summed E-state index contributed by atoms with van der Waals surface area (Å²) >= 11 is 0. The maximum atomic E-state index is 12.4. The zero-order valence-corrected chi connectivity index (χ0v) is 16.8. The highest BCUT2D eigenvalue weighted by molar-refractivity contribution is 6.39. The van der Waals surface area contributed by atoms with Gasteiger partial charge in [-0.1, -0.05) is 24.3 Å². The van der Waals surface area contributed by atoms with Gasteiger partial charge in [-0.2, -0.15) is 5.26 Å². The third-order valence-electron chi connectivity index (χ3n) is 4.92. The predicted octanol–water partition coefficient (Wildman–Crippen LogP) is 1.70. The largest absolute Gasteiger partial charge is 0.497 e. The van der Waals surface area contributed by atoms with Gasteiger partial charge in [0, 0.05) is 19.6 Å². The summed E-state index contributed by atoms with van der Waals surface area (Å²) in [4.78, 5) is 26.9. The van der Waals surface area contributed by atoms with Gasteiger partial charge in [-0.25, -0.2) is 0 Å². The summed E-state index contributed by atoms with van der Waals surface area (Å²) in [6.45, 7) is 2.91. The topological polar surface area (TPSA) is 104 Å². The third-order valence-corrected chi connectivity index (χ3v) is 4.92. The Morgan fingerprint density at radius 3 is 2.67 bits per heavy atom. The molecule has 1 heterocycles. The van der Waals surface area contributed by atoms with Crippen LogP contribution in [-0.4, -0.2) is 56.7 Å². The van der Waals surface area contributed by atoms with Crippen LogP contribution in [-0.2, 0) is 14.3 Å². The monoisotopic (exact) mass is 408 g/mol. The molecule has 30 heavy (non-hydrogen) atoms. The molecular formula is C22H24N4O4. The lowest BCUT2D eigenvalue weighted by Crippen LogP contribution is -2.45. The highest BCUT2D eigenvalue weighted by Crippen LogP contribution is 2.24. The molecule has 1 fully saturated rings. The molecule has 1 aliphatic heterocycles. The number of rotatable bonds is 6. The van der Waals surface area contributed by atoms with Crippen molar-refractivity contribution in [2.45, 2.75) is 6.04 Å². The molecule has 0 spiro atoms. The Morgan fingerprint density at radius 1 is 1.17 bits per heavy atom. The summed E-state index contributed by atoms with van der Waals surface area (Å²) in [5.41, 5.74) is 1.57. The molecule has 0 aliphatic carbocycles. The summed E-state index contributed by atoms with van der Waals surface area (Å²) < 4.78 is 10.8. The van der Waals surface area contributed by atoms with Crippen LogP contribution in [0.15, 0.2) is 48.5 Å². The number of nitrogens with one attached hydrogen (secondary N) is 2. The van der Waals surface area contributed by atoms with Crippen molar-refractivity contribution in [2.24, 2.45) is 0 Å². The molecule has 0 aromatic heterocycles. The fourth-order valence-corrected chi connectivity index (χ4v) is 3.33. The number of benzene rings is 2. The van der Waals surface area contributed by atoms with E-state index < -0.39 is 11.8 Å². The summed E-state index contributed by atoms with van der Waals surface area (Å²) in [6.07, 6.45) is 0. The fourth-order valence-electron chi connectivity index (χ4n) is 3.33. The van der Waals surface area contributed by atoms with Gasteiger partial charge in [-0.15, -0.1) is 0 Å². The zero-order chi connectivity index (χ0) is 21.3. The number of amides is 2. The zero-order valence-electron chi connectivity index (χ0n) is 16.8. The molecular weight excluding hydrogens is 384 g/mol. The van der Waals surface area contributed by atoms with Crippen molar-refractivity contribution in [3.8, 4) is 11.8 Å². The average Bonchev–Trinajstić information content (AvgIpc) is 2.80. The Kier molecular flexibility index (Phi) is 7.38. The first kappa shape index (κ1) is 21.3. The summed E-state index contributed by atoms with van der Waals surface area (Å²) in [5, 5.41) is 14.3. The molecule has 0 saturated carbocycles. The first-order valence-corrected chi connectivity index (χ1v) is 9.66. The Morgan fingerprint density at radius 2 is 1.93 bits per heavy atom. The quantitative estimate of drug-likeness (QED) is 0.705. The Hall–Kier alpha value is -3.41. The van der Waals surface area contributed by atoms with E-state index in [0.29, 0.717) is 24.5 Å². The van der Waals surface area contributed by atoms with Crippen LogP contribution in [0.25, 0.3) is 0 Å². The van der Waals surface area contributed by atoms with E-state index in [-0.39, 0.29) is 12.6 Å². The predicted molar refractivity (Wildman–Crippen MR) is 111 cm³/mol. The molecule has 2 aromatic carbocycles. The number of para-hydroxylation sites is 1. The van der Waals surface area contributed by atoms with E-state index in [9.17, 15) is 9.59 Å². The maximum absolute atomic E-state index is 12.4. The molecule has 1 saturated heterocycles. The van der Waals surface area contributed by atoms with E-state index in [1.165, 1.54) is 0 Å². The minimum atomic E-state index is -0.816. The second kappa shape index (κ2) is 10.4. The van der Waals surface area contributed by atoms with Gasteiger partial charge in [0.25, 0.3) is 0 Å². The summed E-state index contributed by atoms with van der Waals surface area (Å²) in [5.74, 6) is -0.851. The summed E-state index contributed by atoms with van der Waals surface area (Å²) in [6, 6.07) is 16.0. The van der Waals surface area contributed by atoms with Crippen LogP contribution in [0.2, 0.25) is 0 Å². The van der Waals surface area contributed by atoms with Gasteiger partial charge < -0.3 is 20.1 Å². The molecule has 2 N–H and O–H groups in total. The number of methoxy groups -OCH3 is 1. The standard InChI is InChI=1S/C22H24N4O4/c1-29-18-7-4-6-16(13-18)20(26-9-11-30-12-10-26)15-24-21(27)22(28)25-19-8-3-2-5-17(19)14-23/h2-8,13,20H,9-12,15H2,1H3,(H,24,27)(H,25,28)/t20-/m1/s1. The number of carbonyl (C=O) groups excluding carboxylic acids is 2. The van der Waals surface area contributed by atoms with Crippen molar-refractivity contribution in [1.29, 1.82) is 5.26 Å². The first-order valence-electron chi connectivity index (χ1n) is 9.66. The highest BCUT2D eigenvalue weighted by atomic mass is 16.5. The van der Waals surface area contributed by atoms with Crippen molar-refractivity contribution in [3.63, 3.8) is 0 Å². The molecule has 0 unspecified atom stereocenters. The van der Waals surface area contributed by atoms with Crippen LogP contribution in [0.4, 0.5) is 5.69 Å². The van der Waals surface area contributed by atoms with Crippen LogP contribution in [0.5, 0.6) is 5.75 Å². The molecule has 2 aromatic rings. The van der Waals surface area contributed by atoms with E-state index in [4.69, 9.17) is 14.7 Å². The van der Waals surface area contributed by atoms with Crippen molar-refractivity contribution in [2.75, 3.05) is 45.3 Å². The van der Waals surface area contributed by atoms with Gasteiger partial charge >= 0.3 is 11.8 Å². The molecule has 156 valence electrons. The lowest BCUT2D eigenvalue weighted by atomic mass is 10.0. The van der Waals surface area contributed by atoms with Crippen LogP contribution in [0.1, 0.15) is 17.2 Å². The van der Waals surface area contributed by atoms with Crippen molar-refractivity contribution in [1.82, 2.24) is 10.2 Å². The molecule has 8 heteroatoms. The summed E-state index contributed by atoms with van der Waals surface area (Å²) in [7, 11) is 1.61. The van der Waals surface area contributed by atoms with Gasteiger partial charge in [-0.3, -0.25) is 14.5 Å². The molecule has 0 radical (unpaired) electrons.